The number of hydrogen-bond donors (Lipinski definition) is 1. The molecule has 2 rings (SSSR count). The third-order valence-electron chi connectivity index (χ3n) is 3.00. The van der Waals surface area contributed by atoms with Crippen LogP contribution < -0.4 is 15.2 Å². The molecular weight excluding hydrogens is 302 g/mol. The van der Waals surface area contributed by atoms with Crippen molar-refractivity contribution in [1.82, 2.24) is 0 Å². The van der Waals surface area contributed by atoms with Gasteiger partial charge in [-0.3, -0.25) is 0 Å². The predicted molar refractivity (Wildman–Crippen MR) is 72.1 cm³/mol. The summed E-state index contributed by atoms with van der Waals surface area (Å²) in [5, 5.41) is 0. The molecule has 0 fully saturated rings. The Morgan fingerprint density at radius 1 is 1.05 bits per heavy atom. The molecule has 0 aliphatic rings. The number of benzene rings is 2. The third-order valence-corrected chi connectivity index (χ3v) is 3.00. The summed E-state index contributed by atoms with van der Waals surface area (Å²) in [7, 11) is 1.42. The molecule has 0 aliphatic heterocycles. The van der Waals surface area contributed by atoms with Gasteiger partial charge in [0.2, 0.25) is 0 Å². The molecule has 0 heterocycles. The standard InChI is InChI=1S/C15H13F4NO2/c1-21-13-7-4-10(16)8-12(13)14(20)9-2-5-11(6-3-9)22-15(17,18)19/h2-8,14H,20H2,1H3/t14-/m0/s1. The molecule has 0 aliphatic carbocycles. The predicted octanol–water partition coefficient (Wildman–Crippen LogP) is 3.78. The zero-order valence-electron chi connectivity index (χ0n) is 11.5. The molecule has 0 aromatic heterocycles. The van der Waals surface area contributed by atoms with E-state index in [4.69, 9.17) is 10.5 Å². The van der Waals surface area contributed by atoms with E-state index in [1.54, 1.807) is 0 Å². The van der Waals surface area contributed by atoms with E-state index in [1.807, 2.05) is 0 Å². The molecule has 0 radical (unpaired) electrons. The van der Waals surface area contributed by atoms with Crippen LogP contribution >= 0.6 is 0 Å². The van der Waals surface area contributed by atoms with Gasteiger partial charge in [-0.25, -0.2) is 4.39 Å². The lowest BCUT2D eigenvalue weighted by Crippen LogP contribution is -2.17. The van der Waals surface area contributed by atoms with E-state index in [0.29, 0.717) is 16.9 Å². The molecule has 118 valence electrons. The number of methoxy groups -OCH3 is 1. The minimum absolute atomic E-state index is 0.352. The Labute approximate surface area is 124 Å². The van der Waals surface area contributed by atoms with Crippen molar-refractivity contribution in [3.63, 3.8) is 0 Å². The molecule has 2 aromatic rings. The van der Waals surface area contributed by atoms with E-state index in [2.05, 4.69) is 4.74 Å². The van der Waals surface area contributed by atoms with E-state index in [1.165, 1.54) is 37.4 Å². The molecular formula is C15H13F4NO2. The Bertz CT molecular complexity index is 641. The molecule has 0 saturated heterocycles. The average Bonchev–Trinajstić information content (AvgIpc) is 2.45. The maximum atomic E-state index is 13.4. The van der Waals surface area contributed by atoms with E-state index in [-0.39, 0.29) is 5.75 Å². The smallest absolute Gasteiger partial charge is 0.496 e. The monoisotopic (exact) mass is 315 g/mol. The number of halogens is 4. The highest BCUT2D eigenvalue weighted by molar-refractivity contribution is 5.42. The van der Waals surface area contributed by atoms with Crippen molar-refractivity contribution in [3.05, 3.63) is 59.4 Å². The fourth-order valence-corrected chi connectivity index (χ4v) is 2.00. The van der Waals surface area contributed by atoms with Crippen LogP contribution in [0.25, 0.3) is 0 Å². The number of rotatable bonds is 4. The van der Waals surface area contributed by atoms with Crippen molar-refractivity contribution < 1.29 is 27.0 Å². The summed E-state index contributed by atoms with van der Waals surface area (Å²) in [5.74, 6) is -0.442. The quantitative estimate of drug-likeness (QED) is 0.873. The Morgan fingerprint density at radius 3 is 2.23 bits per heavy atom. The van der Waals surface area contributed by atoms with Gasteiger partial charge in [-0.05, 0) is 35.9 Å². The first-order valence-corrected chi connectivity index (χ1v) is 6.25. The average molecular weight is 315 g/mol. The summed E-state index contributed by atoms with van der Waals surface area (Å²) in [6.07, 6.45) is -4.75. The maximum Gasteiger partial charge on any atom is 0.573 e. The van der Waals surface area contributed by atoms with Gasteiger partial charge in [0.05, 0.1) is 13.2 Å². The molecule has 1 atom stereocenters. The summed E-state index contributed by atoms with van der Waals surface area (Å²) in [6.45, 7) is 0. The fraction of sp³-hybridized carbons (Fsp3) is 0.200. The normalized spacial score (nSPS) is 12.8. The summed E-state index contributed by atoms with van der Waals surface area (Å²) in [4.78, 5) is 0. The van der Waals surface area contributed by atoms with Crippen LogP contribution in [-0.2, 0) is 0 Å². The number of ether oxygens (including phenoxy) is 2. The van der Waals surface area contributed by atoms with E-state index >= 15 is 0 Å². The largest absolute Gasteiger partial charge is 0.573 e. The van der Waals surface area contributed by atoms with E-state index in [0.717, 1.165) is 12.1 Å². The van der Waals surface area contributed by atoms with Gasteiger partial charge >= 0.3 is 6.36 Å². The second-order valence-corrected chi connectivity index (χ2v) is 4.48. The van der Waals surface area contributed by atoms with Crippen LogP contribution in [-0.4, -0.2) is 13.5 Å². The van der Waals surface area contributed by atoms with Crippen LogP contribution in [0.3, 0.4) is 0 Å². The topological polar surface area (TPSA) is 44.5 Å². The van der Waals surface area contributed by atoms with Gasteiger partial charge in [-0.1, -0.05) is 12.1 Å². The van der Waals surface area contributed by atoms with Crippen molar-refractivity contribution >= 4 is 0 Å². The van der Waals surface area contributed by atoms with Gasteiger partial charge in [-0.2, -0.15) is 0 Å². The molecule has 2 N–H and O–H groups in total. The van der Waals surface area contributed by atoms with Crippen LogP contribution in [0.1, 0.15) is 17.2 Å². The van der Waals surface area contributed by atoms with Crippen molar-refractivity contribution in [1.29, 1.82) is 0 Å². The van der Waals surface area contributed by atoms with Crippen LogP contribution in [0.2, 0.25) is 0 Å². The second-order valence-electron chi connectivity index (χ2n) is 4.48. The first-order valence-electron chi connectivity index (χ1n) is 6.25. The highest BCUT2D eigenvalue weighted by atomic mass is 19.4. The Hall–Kier alpha value is -2.28. The van der Waals surface area contributed by atoms with Crippen LogP contribution in [0.15, 0.2) is 42.5 Å². The molecule has 7 heteroatoms. The lowest BCUT2D eigenvalue weighted by Gasteiger charge is -2.17. The van der Waals surface area contributed by atoms with Crippen molar-refractivity contribution in [2.75, 3.05) is 7.11 Å². The summed E-state index contributed by atoms with van der Waals surface area (Å²) >= 11 is 0. The van der Waals surface area contributed by atoms with Gasteiger partial charge < -0.3 is 15.2 Å². The minimum Gasteiger partial charge on any atom is -0.496 e. The second kappa shape index (κ2) is 6.23. The van der Waals surface area contributed by atoms with Crippen molar-refractivity contribution in [2.45, 2.75) is 12.4 Å². The first-order chi connectivity index (χ1) is 10.3. The lowest BCUT2D eigenvalue weighted by molar-refractivity contribution is -0.274. The van der Waals surface area contributed by atoms with Crippen LogP contribution in [0.5, 0.6) is 11.5 Å². The maximum absolute atomic E-state index is 13.4. The zero-order chi connectivity index (χ0) is 16.3. The molecule has 0 saturated carbocycles. The van der Waals surface area contributed by atoms with Gasteiger partial charge in [0, 0.05) is 5.56 Å². The summed E-state index contributed by atoms with van der Waals surface area (Å²) in [6, 6.07) is 8.21. The minimum atomic E-state index is -4.75. The molecule has 3 nitrogen and oxygen atoms in total. The van der Waals surface area contributed by atoms with Gasteiger partial charge in [0.1, 0.15) is 17.3 Å². The molecule has 0 amide bonds. The molecule has 2 aromatic carbocycles. The van der Waals surface area contributed by atoms with Crippen molar-refractivity contribution in [3.8, 4) is 11.5 Å². The van der Waals surface area contributed by atoms with E-state index < -0.39 is 18.2 Å². The van der Waals surface area contributed by atoms with E-state index in [9.17, 15) is 17.6 Å². The number of alkyl halides is 3. The molecule has 0 unspecified atom stereocenters. The lowest BCUT2D eigenvalue weighted by atomic mass is 9.98. The number of nitrogens with two attached hydrogens (primary N) is 1. The molecule has 22 heavy (non-hydrogen) atoms. The first kappa shape index (κ1) is 16.1. The highest BCUT2D eigenvalue weighted by Crippen LogP contribution is 2.30. The molecule has 0 bridgehead atoms. The summed E-state index contributed by atoms with van der Waals surface area (Å²) in [5.41, 5.74) is 6.92. The van der Waals surface area contributed by atoms with Crippen LogP contribution in [0, 0.1) is 5.82 Å². The SMILES string of the molecule is COc1ccc(F)cc1[C@@H](N)c1ccc(OC(F)(F)F)cc1. The van der Waals surface area contributed by atoms with Gasteiger partial charge in [0.15, 0.2) is 0 Å². The molecule has 0 spiro atoms. The van der Waals surface area contributed by atoms with Gasteiger partial charge in [-0.15, -0.1) is 13.2 Å². The highest BCUT2D eigenvalue weighted by Gasteiger charge is 2.31. The fourth-order valence-electron chi connectivity index (χ4n) is 2.00. The Kier molecular flexibility index (Phi) is 4.56. The third kappa shape index (κ3) is 3.88. The van der Waals surface area contributed by atoms with Gasteiger partial charge in [0.25, 0.3) is 0 Å². The Morgan fingerprint density at radius 2 is 1.68 bits per heavy atom. The zero-order valence-corrected chi connectivity index (χ0v) is 11.5. The summed E-state index contributed by atoms with van der Waals surface area (Å²) < 4.78 is 58.6. The van der Waals surface area contributed by atoms with Crippen molar-refractivity contribution in [2.24, 2.45) is 5.73 Å². The Balaban J connectivity index is 2.26. The number of hydrogen-bond acceptors (Lipinski definition) is 3. The van der Waals surface area contributed by atoms with Crippen LogP contribution in [0.4, 0.5) is 17.6 Å².